The van der Waals surface area contributed by atoms with Crippen molar-refractivity contribution in [2.75, 3.05) is 5.32 Å². The first-order valence-electron chi connectivity index (χ1n) is 7.74. The fourth-order valence-electron chi connectivity index (χ4n) is 2.23. The number of hydrogen-bond acceptors (Lipinski definition) is 4. The first kappa shape index (κ1) is 15.8. The Bertz CT molecular complexity index is 838. The molecule has 0 fully saturated rings. The van der Waals surface area contributed by atoms with Crippen molar-refractivity contribution in [1.82, 2.24) is 14.6 Å². The average molecular weight is 324 g/mol. The highest BCUT2D eigenvalue weighted by atomic mass is 16.5. The summed E-state index contributed by atoms with van der Waals surface area (Å²) in [6.07, 6.45) is 2.05. The van der Waals surface area contributed by atoms with E-state index in [0.29, 0.717) is 12.5 Å². The number of anilines is 1. The topological polar surface area (TPSA) is 89.8 Å². The van der Waals surface area contributed by atoms with Gasteiger partial charge in [-0.2, -0.15) is 0 Å². The van der Waals surface area contributed by atoms with Gasteiger partial charge in [0.25, 0.3) is 0 Å². The number of ether oxygens (including phenoxy) is 1. The lowest BCUT2D eigenvalue weighted by atomic mass is 10.3. The number of guanidine groups is 1. The molecule has 0 aliphatic rings. The van der Waals surface area contributed by atoms with Crippen molar-refractivity contribution in [2.24, 2.45) is 10.7 Å². The lowest BCUT2D eigenvalue weighted by molar-refractivity contribution is 0.242. The Balaban J connectivity index is 1.64. The maximum Gasteiger partial charge on any atom is 0.193 e. The Hall–Kier alpha value is -3.09. The Morgan fingerprint density at radius 3 is 2.75 bits per heavy atom. The van der Waals surface area contributed by atoms with Crippen LogP contribution >= 0.6 is 0 Å². The van der Waals surface area contributed by atoms with Gasteiger partial charge in [0.2, 0.25) is 0 Å². The predicted molar refractivity (Wildman–Crippen MR) is 94.1 cm³/mol. The summed E-state index contributed by atoms with van der Waals surface area (Å²) >= 11 is 0. The molecule has 1 aromatic carbocycles. The lowest BCUT2D eigenvalue weighted by Crippen LogP contribution is -2.22. The summed E-state index contributed by atoms with van der Waals surface area (Å²) in [6.45, 7) is 4.33. The second-order valence-electron chi connectivity index (χ2n) is 5.56. The van der Waals surface area contributed by atoms with Crippen LogP contribution in [0, 0.1) is 0 Å². The molecule has 0 atom stereocenters. The summed E-state index contributed by atoms with van der Waals surface area (Å²) in [5.41, 5.74) is 7.57. The average Bonchev–Trinajstić information content (AvgIpc) is 2.98. The lowest BCUT2D eigenvalue weighted by Gasteiger charge is -2.10. The molecule has 0 saturated heterocycles. The number of pyridine rings is 1. The zero-order chi connectivity index (χ0) is 16.9. The van der Waals surface area contributed by atoms with E-state index in [1.807, 2.05) is 66.9 Å². The van der Waals surface area contributed by atoms with E-state index in [9.17, 15) is 0 Å². The molecule has 3 rings (SSSR count). The van der Waals surface area contributed by atoms with Crippen molar-refractivity contribution in [3.05, 3.63) is 54.5 Å². The molecule has 3 N–H and O–H groups in total. The monoisotopic (exact) mass is 324 g/mol. The minimum atomic E-state index is 0.147. The smallest absolute Gasteiger partial charge is 0.193 e. The van der Waals surface area contributed by atoms with Crippen LogP contribution in [0.3, 0.4) is 0 Å². The number of nitrogens with zero attached hydrogens (tertiary/aromatic N) is 4. The molecule has 7 heteroatoms. The van der Waals surface area contributed by atoms with E-state index in [4.69, 9.17) is 10.5 Å². The number of nitrogens with one attached hydrogen (secondary N) is 1. The standard InChI is InChI=1S/C17H20N6O/c1-12(2)24-14-8-6-13(7-9-14)20-17(18)19-11-16-22-21-15-5-3-4-10-23(15)16/h3-10,12H,11H2,1-2H3,(H3,18,19,20). The number of rotatable bonds is 5. The van der Waals surface area contributed by atoms with E-state index in [1.54, 1.807) is 0 Å². The summed E-state index contributed by atoms with van der Waals surface area (Å²) in [7, 11) is 0. The maximum atomic E-state index is 5.94. The molecule has 0 aliphatic carbocycles. The molecule has 0 unspecified atom stereocenters. The van der Waals surface area contributed by atoms with Gasteiger partial charge in [-0.1, -0.05) is 6.07 Å². The van der Waals surface area contributed by atoms with Gasteiger partial charge in [0, 0.05) is 11.9 Å². The first-order chi connectivity index (χ1) is 11.6. The molecule has 24 heavy (non-hydrogen) atoms. The molecule has 7 nitrogen and oxygen atoms in total. The number of benzene rings is 1. The molecule has 3 aromatic rings. The van der Waals surface area contributed by atoms with Crippen LogP contribution in [-0.4, -0.2) is 26.7 Å². The van der Waals surface area contributed by atoms with Crippen LogP contribution in [-0.2, 0) is 6.54 Å². The van der Waals surface area contributed by atoms with Crippen LogP contribution in [0.5, 0.6) is 5.75 Å². The van der Waals surface area contributed by atoms with Crippen LogP contribution in [0.4, 0.5) is 5.69 Å². The fraction of sp³-hybridized carbons (Fsp3) is 0.235. The van der Waals surface area contributed by atoms with Gasteiger partial charge in [0.05, 0.1) is 6.10 Å². The summed E-state index contributed by atoms with van der Waals surface area (Å²) in [5, 5.41) is 11.2. The molecule has 0 amide bonds. The van der Waals surface area contributed by atoms with Gasteiger partial charge in [0.15, 0.2) is 17.4 Å². The second-order valence-corrected chi connectivity index (χ2v) is 5.56. The van der Waals surface area contributed by atoms with Gasteiger partial charge < -0.3 is 15.8 Å². The Kier molecular flexibility index (Phi) is 4.60. The van der Waals surface area contributed by atoms with Crippen molar-refractivity contribution in [2.45, 2.75) is 26.5 Å². The van der Waals surface area contributed by atoms with Crippen LogP contribution in [0.25, 0.3) is 5.65 Å². The largest absolute Gasteiger partial charge is 0.491 e. The number of nitrogens with two attached hydrogens (primary N) is 1. The van der Waals surface area contributed by atoms with Crippen LogP contribution in [0.2, 0.25) is 0 Å². The number of aromatic nitrogens is 3. The Morgan fingerprint density at radius 2 is 2.00 bits per heavy atom. The predicted octanol–water partition coefficient (Wildman–Crippen LogP) is 2.44. The summed E-state index contributed by atoms with van der Waals surface area (Å²) < 4.78 is 7.49. The van der Waals surface area contributed by atoms with Gasteiger partial charge in [0.1, 0.15) is 12.3 Å². The van der Waals surface area contributed by atoms with Crippen molar-refractivity contribution >= 4 is 17.3 Å². The second kappa shape index (κ2) is 6.99. The van der Waals surface area contributed by atoms with Gasteiger partial charge in [-0.25, -0.2) is 4.99 Å². The molecule has 124 valence electrons. The quantitative estimate of drug-likeness (QED) is 0.556. The van der Waals surface area contributed by atoms with E-state index in [-0.39, 0.29) is 6.10 Å². The van der Waals surface area contributed by atoms with E-state index in [2.05, 4.69) is 20.5 Å². The zero-order valence-electron chi connectivity index (χ0n) is 13.7. The van der Waals surface area contributed by atoms with Crippen molar-refractivity contribution in [3.8, 4) is 5.75 Å². The highest BCUT2D eigenvalue weighted by molar-refractivity contribution is 5.92. The minimum absolute atomic E-state index is 0.147. The zero-order valence-corrected chi connectivity index (χ0v) is 13.7. The third-order valence-corrected chi connectivity index (χ3v) is 3.27. The molecular weight excluding hydrogens is 304 g/mol. The minimum Gasteiger partial charge on any atom is -0.491 e. The highest BCUT2D eigenvalue weighted by Crippen LogP contribution is 2.16. The van der Waals surface area contributed by atoms with Gasteiger partial charge in [-0.05, 0) is 50.2 Å². The van der Waals surface area contributed by atoms with Crippen molar-refractivity contribution in [3.63, 3.8) is 0 Å². The summed E-state index contributed by atoms with van der Waals surface area (Å²) in [6, 6.07) is 13.3. The maximum absolute atomic E-state index is 5.94. The Labute approximate surface area is 140 Å². The van der Waals surface area contributed by atoms with Gasteiger partial charge in [-0.3, -0.25) is 4.40 Å². The Morgan fingerprint density at radius 1 is 1.21 bits per heavy atom. The number of fused-ring (bicyclic) bond motifs is 1. The molecule has 0 radical (unpaired) electrons. The van der Waals surface area contributed by atoms with Crippen molar-refractivity contribution in [1.29, 1.82) is 0 Å². The van der Waals surface area contributed by atoms with E-state index in [1.165, 1.54) is 0 Å². The van der Waals surface area contributed by atoms with E-state index in [0.717, 1.165) is 22.9 Å². The summed E-state index contributed by atoms with van der Waals surface area (Å²) in [4.78, 5) is 4.31. The normalized spacial score (nSPS) is 11.9. The SMILES string of the molecule is CC(C)Oc1ccc(NC(N)=NCc2nnc3ccccn23)cc1. The molecule has 0 saturated carbocycles. The molecule has 0 bridgehead atoms. The first-order valence-corrected chi connectivity index (χ1v) is 7.74. The highest BCUT2D eigenvalue weighted by Gasteiger charge is 2.04. The fourth-order valence-corrected chi connectivity index (χ4v) is 2.23. The van der Waals surface area contributed by atoms with Crippen molar-refractivity contribution < 1.29 is 4.74 Å². The van der Waals surface area contributed by atoms with Crippen LogP contribution in [0.15, 0.2) is 53.7 Å². The molecule has 0 aliphatic heterocycles. The van der Waals surface area contributed by atoms with E-state index >= 15 is 0 Å². The molecule has 0 spiro atoms. The molecule has 2 aromatic heterocycles. The third kappa shape index (κ3) is 3.81. The van der Waals surface area contributed by atoms with Gasteiger partial charge >= 0.3 is 0 Å². The summed E-state index contributed by atoms with van der Waals surface area (Å²) in [5.74, 6) is 1.87. The van der Waals surface area contributed by atoms with Crippen LogP contribution in [0.1, 0.15) is 19.7 Å². The molecular formula is C17H20N6O. The number of hydrogen-bond donors (Lipinski definition) is 2. The molecule has 2 heterocycles. The number of aliphatic imine (C=N–C) groups is 1. The van der Waals surface area contributed by atoms with Gasteiger partial charge in [-0.15, -0.1) is 10.2 Å². The van der Waals surface area contributed by atoms with Crippen LogP contribution < -0.4 is 15.8 Å². The third-order valence-electron chi connectivity index (χ3n) is 3.27. The van der Waals surface area contributed by atoms with E-state index < -0.39 is 0 Å².